The van der Waals surface area contributed by atoms with Crippen molar-refractivity contribution in [1.29, 1.82) is 0 Å². The molecule has 0 atom stereocenters. The summed E-state index contributed by atoms with van der Waals surface area (Å²) in [5.41, 5.74) is 2.25. The predicted octanol–water partition coefficient (Wildman–Crippen LogP) is 7.89. The lowest BCUT2D eigenvalue weighted by Gasteiger charge is -2.21. The summed E-state index contributed by atoms with van der Waals surface area (Å²) in [6.45, 7) is 1.02. The van der Waals surface area contributed by atoms with Crippen LogP contribution in [0.15, 0.2) is 18.6 Å². The molecule has 2 heterocycles. The molecule has 2 aliphatic carbocycles. The molecule has 0 unspecified atom stereocenters. The molecule has 0 bridgehead atoms. The molecule has 2 aromatic heterocycles. The number of nitrogens with zero attached hydrogens (tertiary/aromatic N) is 3. The van der Waals surface area contributed by atoms with Crippen LogP contribution in [0.5, 0.6) is 0 Å². The molecule has 0 spiro atoms. The van der Waals surface area contributed by atoms with Crippen LogP contribution in [0.1, 0.15) is 127 Å². The lowest BCUT2D eigenvalue weighted by atomic mass is 9.89. The molecule has 4 rings (SSSR count). The van der Waals surface area contributed by atoms with E-state index in [1.165, 1.54) is 121 Å². The molecule has 4 nitrogen and oxygen atoms in total. The summed E-state index contributed by atoms with van der Waals surface area (Å²) in [6.07, 6.45) is 31.3. The fraction of sp³-hybridized carbons (Fsp3) is 0.778. The number of fused-ring (bicyclic) bond motifs is 1. The Balaban J connectivity index is 1.38. The van der Waals surface area contributed by atoms with E-state index in [1.807, 2.05) is 6.20 Å². The fourth-order valence-electron chi connectivity index (χ4n) is 5.77. The summed E-state index contributed by atoms with van der Waals surface area (Å²) in [4.78, 5) is 9.73. The number of rotatable bonds is 5. The third-order valence-corrected chi connectivity index (χ3v) is 7.74. The van der Waals surface area contributed by atoms with E-state index >= 15 is 0 Å². The summed E-state index contributed by atoms with van der Waals surface area (Å²) in [5, 5.41) is 3.71. The highest BCUT2D eigenvalue weighted by molar-refractivity contribution is 5.62. The fourth-order valence-corrected chi connectivity index (χ4v) is 5.77. The Morgan fingerprint density at radius 3 is 2.00 bits per heavy atom. The number of aromatic nitrogens is 3. The lowest BCUT2D eigenvalue weighted by Crippen LogP contribution is -2.13. The maximum Gasteiger partial charge on any atom is 0.180 e. The highest BCUT2D eigenvalue weighted by Gasteiger charge is 2.18. The Morgan fingerprint density at radius 1 is 0.774 bits per heavy atom. The molecule has 2 saturated carbocycles. The van der Waals surface area contributed by atoms with Crippen LogP contribution in [0.2, 0.25) is 0 Å². The van der Waals surface area contributed by atoms with E-state index in [4.69, 9.17) is 4.98 Å². The van der Waals surface area contributed by atoms with E-state index < -0.39 is 0 Å². The van der Waals surface area contributed by atoms with Crippen molar-refractivity contribution in [2.45, 2.75) is 121 Å². The second kappa shape index (κ2) is 12.5. The first-order chi connectivity index (χ1) is 15.4. The number of anilines is 1. The zero-order valence-electron chi connectivity index (χ0n) is 19.7. The maximum atomic E-state index is 5.13. The summed E-state index contributed by atoms with van der Waals surface area (Å²) < 4.78 is 2.19. The minimum absolute atomic E-state index is 0.606. The molecule has 31 heavy (non-hydrogen) atoms. The van der Waals surface area contributed by atoms with Gasteiger partial charge in [-0.25, -0.2) is 9.97 Å². The van der Waals surface area contributed by atoms with Gasteiger partial charge in [0.1, 0.15) is 0 Å². The average molecular weight is 425 g/mol. The van der Waals surface area contributed by atoms with Crippen molar-refractivity contribution in [1.82, 2.24) is 14.4 Å². The molecule has 2 fully saturated rings. The van der Waals surface area contributed by atoms with Crippen molar-refractivity contribution in [3.05, 3.63) is 24.3 Å². The zero-order valence-corrected chi connectivity index (χ0v) is 19.7. The molecule has 172 valence electrons. The maximum absolute atomic E-state index is 5.13. The van der Waals surface area contributed by atoms with Crippen LogP contribution in [0, 0.1) is 5.92 Å². The Morgan fingerprint density at radius 2 is 1.35 bits per heavy atom. The summed E-state index contributed by atoms with van der Waals surface area (Å²) >= 11 is 0. The lowest BCUT2D eigenvalue weighted by molar-refractivity contribution is 0.397. The quantitative estimate of drug-likeness (QED) is 0.530. The number of hydrogen-bond donors (Lipinski definition) is 1. The molecular weight excluding hydrogens is 380 g/mol. The predicted molar refractivity (Wildman–Crippen MR) is 131 cm³/mol. The van der Waals surface area contributed by atoms with E-state index in [-0.39, 0.29) is 0 Å². The first-order valence-corrected chi connectivity index (χ1v) is 13.5. The third-order valence-electron chi connectivity index (χ3n) is 7.74. The van der Waals surface area contributed by atoms with Crippen LogP contribution < -0.4 is 5.32 Å². The Kier molecular flexibility index (Phi) is 9.08. The van der Waals surface area contributed by atoms with Crippen molar-refractivity contribution >= 4 is 11.5 Å². The summed E-state index contributed by atoms with van der Waals surface area (Å²) in [6, 6.07) is 0. The van der Waals surface area contributed by atoms with Gasteiger partial charge >= 0.3 is 0 Å². The highest BCUT2D eigenvalue weighted by atomic mass is 15.1. The average Bonchev–Trinajstić information content (AvgIpc) is 3.20. The molecular formula is C27H44N4. The van der Waals surface area contributed by atoms with E-state index in [0.717, 1.165) is 23.9 Å². The standard InChI is InChI=1S/C27H44N4/c1-2-4-7-11-15-23(14-10-6-3-1)18-19-28-26-27-29-20-21-31(27)22-25(30-26)24-16-12-8-5-9-13-17-24/h20-24H,1-19H2,(H,28,30). The smallest absolute Gasteiger partial charge is 0.180 e. The first kappa shape index (κ1) is 22.6. The van der Waals surface area contributed by atoms with Gasteiger partial charge in [0.15, 0.2) is 11.5 Å². The first-order valence-electron chi connectivity index (χ1n) is 13.5. The second-order valence-electron chi connectivity index (χ2n) is 10.2. The van der Waals surface area contributed by atoms with E-state index in [0.29, 0.717) is 5.92 Å². The van der Waals surface area contributed by atoms with Gasteiger partial charge in [0.25, 0.3) is 0 Å². The second-order valence-corrected chi connectivity index (χ2v) is 10.2. The molecule has 0 saturated heterocycles. The minimum atomic E-state index is 0.606. The molecule has 0 radical (unpaired) electrons. The Labute approximate surface area is 189 Å². The van der Waals surface area contributed by atoms with Crippen molar-refractivity contribution in [3.8, 4) is 0 Å². The highest BCUT2D eigenvalue weighted by Crippen LogP contribution is 2.31. The Bertz CT molecular complexity index is 748. The third kappa shape index (κ3) is 6.95. The Hall–Kier alpha value is -1.58. The SMILES string of the molecule is c1cn2cc(C3CCCCCCC3)nc(NCCC3CCCCCCCCCC3)c2n1. The minimum Gasteiger partial charge on any atom is -0.367 e. The molecule has 0 aromatic carbocycles. The molecule has 2 aliphatic rings. The van der Waals surface area contributed by atoms with Crippen molar-refractivity contribution in [2.75, 3.05) is 11.9 Å². The van der Waals surface area contributed by atoms with Crippen LogP contribution in [0.3, 0.4) is 0 Å². The van der Waals surface area contributed by atoms with Crippen molar-refractivity contribution in [2.24, 2.45) is 5.92 Å². The zero-order chi connectivity index (χ0) is 21.1. The van der Waals surface area contributed by atoms with Crippen LogP contribution >= 0.6 is 0 Å². The van der Waals surface area contributed by atoms with Gasteiger partial charge in [-0.05, 0) is 25.2 Å². The number of imidazole rings is 1. The molecule has 0 amide bonds. The molecule has 2 aromatic rings. The van der Waals surface area contributed by atoms with Gasteiger partial charge in [-0.15, -0.1) is 0 Å². The molecule has 0 aliphatic heterocycles. The van der Waals surface area contributed by atoms with E-state index in [9.17, 15) is 0 Å². The van der Waals surface area contributed by atoms with Gasteiger partial charge in [-0.3, -0.25) is 0 Å². The topological polar surface area (TPSA) is 42.2 Å². The van der Waals surface area contributed by atoms with Crippen LogP contribution in [-0.2, 0) is 0 Å². The summed E-state index contributed by atoms with van der Waals surface area (Å²) in [7, 11) is 0. The van der Waals surface area contributed by atoms with Gasteiger partial charge in [0.2, 0.25) is 0 Å². The van der Waals surface area contributed by atoms with Gasteiger partial charge in [-0.1, -0.05) is 96.3 Å². The van der Waals surface area contributed by atoms with Gasteiger partial charge in [-0.2, -0.15) is 0 Å². The molecule has 1 N–H and O–H groups in total. The van der Waals surface area contributed by atoms with Crippen LogP contribution in [0.4, 0.5) is 5.82 Å². The monoisotopic (exact) mass is 424 g/mol. The van der Waals surface area contributed by atoms with Gasteiger partial charge in [0.05, 0.1) is 5.69 Å². The van der Waals surface area contributed by atoms with Crippen LogP contribution in [0.25, 0.3) is 5.65 Å². The van der Waals surface area contributed by atoms with E-state index in [2.05, 4.69) is 27.1 Å². The van der Waals surface area contributed by atoms with Crippen molar-refractivity contribution in [3.63, 3.8) is 0 Å². The normalized spacial score (nSPS) is 21.3. The number of hydrogen-bond acceptors (Lipinski definition) is 3. The van der Waals surface area contributed by atoms with Gasteiger partial charge in [0, 0.05) is 31.1 Å². The van der Waals surface area contributed by atoms with E-state index in [1.54, 1.807) is 0 Å². The largest absolute Gasteiger partial charge is 0.367 e. The van der Waals surface area contributed by atoms with Crippen molar-refractivity contribution < 1.29 is 0 Å². The molecule has 4 heteroatoms. The van der Waals surface area contributed by atoms with Crippen LogP contribution in [-0.4, -0.2) is 20.9 Å². The summed E-state index contributed by atoms with van der Waals surface area (Å²) in [5.74, 6) is 2.48. The van der Waals surface area contributed by atoms with Gasteiger partial charge < -0.3 is 9.72 Å². The number of nitrogens with one attached hydrogen (secondary N) is 1.